The molecule has 0 aromatic carbocycles. The van der Waals surface area contributed by atoms with E-state index < -0.39 is 0 Å². The molecule has 0 aliphatic carbocycles. The van der Waals surface area contributed by atoms with Gasteiger partial charge >= 0.3 is 0 Å². The second-order valence-electron chi connectivity index (χ2n) is 3.63. The summed E-state index contributed by atoms with van der Waals surface area (Å²) in [6.07, 6.45) is 5.14. The molecule has 0 aromatic heterocycles. The molecular formula is C9H16N2. The minimum absolute atomic E-state index is 0.175. The molecule has 62 valence electrons. The molecule has 1 aliphatic heterocycles. The second-order valence-corrected chi connectivity index (χ2v) is 3.63. The quantitative estimate of drug-likeness (QED) is 0.570. The first kappa shape index (κ1) is 8.18. The van der Waals surface area contributed by atoms with Gasteiger partial charge in [-0.1, -0.05) is 26.5 Å². The number of hydrazine groups is 1. The summed E-state index contributed by atoms with van der Waals surface area (Å²) >= 11 is 0. The fourth-order valence-electron chi connectivity index (χ4n) is 1.17. The van der Waals surface area contributed by atoms with Crippen LogP contribution < -0.4 is 5.43 Å². The molecule has 1 rings (SSSR count). The normalized spacial score (nSPS) is 22.8. The number of nitrogens with zero attached hydrogens (tertiary/aromatic N) is 1. The minimum Gasteiger partial charge on any atom is -0.307 e. The van der Waals surface area contributed by atoms with Gasteiger partial charge in [0.05, 0.1) is 0 Å². The molecule has 0 aromatic rings. The van der Waals surface area contributed by atoms with Gasteiger partial charge in [0.15, 0.2) is 0 Å². The fourth-order valence-corrected chi connectivity index (χ4v) is 1.17. The van der Waals surface area contributed by atoms with E-state index in [1.165, 1.54) is 0 Å². The molecule has 2 nitrogen and oxygen atoms in total. The molecule has 0 fully saturated rings. The summed E-state index contributed by atoms with van der Waals surface area (Å²) in [4.78, 5) is 0. The molecule has 1 N–H and O–H groups in total. The first-order chi connectivity index (χ1) is 5.04. The third-order valence-electron chi connectivity index (χ3n) is 2.20. The number of hydrogen-bond donors (Lipinski definition) is 1. The van der Waals surface area contributed by atoms with Crippen LogP contribution in [0.2, 0.25) is 0 Å². The Morgan fingerprint density at radius 3 is 2.91 bits per heavy atom. The van der Waals surface area contributed by atoms with Crippen LogP contribution in [0.15, 0.2) is 24.6 Å². The van der Waals surface area contributed by atoms with Crippen molar-refractivity contribution >= 4 is 0 Å². The summed E-state index contributed by atoms with van der Waals surface area (Å²) in [6, 6.07) is 0. The van der Waals surface area contributed by atoms with Crippen molar-refractivity contribution in [1.82, 2.24) is 10.4 Å². The lowest BCUT2D eigenvalue weighted by Crippen LogP contribution is -2.33. The topological polar surface area (TPSA) is 15.3 Å². The summed E-state index contributed by atoms with van der Waals surface area (Å²) in [5, 5.41) is 1.96. The van der Waals surface area contributed by atoms with Gasteiger partial charge in [-0.3, -0.25) is 5.01 Å². The van der Waals surface area contributed by atoms with Crippen LogP contribution in [-0.2, 0) is 0 Å². The molecular weight excluding hydrogens is 136 g/mol. The Bertz CT molecular complexity index is 192. The van der Waals surface area contributed by atoms with Crippen molar-refractivity contribution in [2.45, 2.75) is 20.3 Å². The Kier molecular flexibility index (Phi) is 1.94. The van der Waals surface area contributed by atoms with Gasteiger partial charge in [-0.2, -0.15) is 0 Å². The Balaban J connectivity index is 2.82. The first-order valence-corrected chi connectivity index (χ1v) is 3.88. The van der Waals surface area contributed by atoms with Crippen molar-refractivity contribution in [1.29, 1.82) is 0 Å². The van der Waals surface area contributed by atoms with Crippen molar-refractivity contribution < 1.29 is 0 Å². The van der Waals surface area contributed by atoms with E-state index in [9.17, 15) is 0 Å². The van der Waals surface area contributed by atoms with E-state index in [1.807, 2.05) is 18.3 Å². The number of allylic oxidation sites excluding steroid dienone is 2. The third-order valence-corrected chi connectivity index (χ3v) is 2.20. The second kappa shape index (κ2) is 2.61. The summed E-state index contributed by atoms with van der Waals surface area (Å²) in [5.74, 6) is 0. The Labute approximate surface area is 68.6 Å². The smallest absolute Gasteiger partial charge is 0.0330 e. The van der Waals surface area contributed by atoms with E-state index in [0.29, 0.717) is 0 Å². The molecule has 0 spiro atoms. The molecule has 0 amide bonds. The predicted octanol–water partition coefficient (Wildman–Crippen LogP) is 1.88. The highest BCUT2D eigenvalue weighted by atomic mass is 15.5. The highest BCUT2D eigenvalue weighted by molar-refractivity contribution is 5.10. The van der Waals surface area contributed by atoms with Gasteiger partial charge in [-0.25, -0.2) is 0 Å². The Morgan fingerprint density at radius 2 is 2.27 bits per heavy atom. The number of hydrogen-bond acceptors (Lipinski definition) is 2. The average molecular weight is 152 g/mol. The lowest BCUT2D eigenvalue weighted by molar-refractivity contribution is 0.269. The molecule has 1 heterocycles. The van der Waals surface area contributed by atoms with E-state index in [2.05, 4.69) is 31.9 Å². The largest absolute Gasteiger partial charge is 0.307 e. The lowest BCUT2D eigenvalue weighted by atomic mass is 9.86. The summed E-state index contributed by atoms with van der Waals surface area (Å²) in [7, 11) is 1.99. The van der Waals surface area contributed by atoms with E-state index in [4.69, 9.17) is 0 Å². The van der Waals surface area contributed by atoms with Crippen molar-refractivity contribution in [3.8, 4) is 0 Å². The molecule has 2 heteroatoms. The van der Waals surface area contributed by atoms with Crippen LogP contribution in [0.4, 0.5) is 0 Å². The van der Waals surface area contributed by atoms with Crippen molar-refractivity contribution in [3.05, 3.63) is 24.6 Å². The third kappa shape index (κ3) is 1.56. The molecule has 0 saturated heterocycles. The van der Waals surface area contributed by atoms with Crippen LogP contribution in [0.1, 0.15) is 20.3 Å². The Morgan fingerprint density at radius 1 is 1.64 bits per heavy atom. The summed E-state index contributed by atoms with van der Waals surface area (Å²) < 4.78 is 0. The molecule has 11 heavy (non-hydrogen) atoms. The number of rotatable bonds is 0. The fraction of sp³-hybridized carbons (Fsp3) is 0.556. The van der Waals surface area contributed by atoms with Crippen LogP contribution in [-0.4, -0.2) is 12.1 Å². The zero-order valence-corrected chi connectivity index (χ0v) is 7.52. The highest BCUT2D eigenvalue weighted by Crippen LogP contribution is 2.31. The molecule has 0 saturated carbocycles. The van der Waals surface area contributed by atoms with E-state index in [-0.39, 0.29) is 5.41 Å². The monoisotopic (exact) mass is 152 g/mol. The predicted molar refractivity (Wildman–Crippen MR) is 47.6 cm³/mol. The Hall–Kier alpha value is -0.920. The van der Waals surface area contributed by atoms with Crippen molar-refractivity contribution in [3.63, 3.8) is 0 Å². The van der Waals surface area contributed by atoms with E-state index >= 15 is 0 Å². The van der Waals surface area contributed by atoms with Crippen molar-refractivity contribution in [2.24, 2.45) is 5.41 Å². The minimum atomic E-state index is 0.175. The van der Waals surface area contributed by atoms with Gasteiger partial charge in [-0.05, 0) is 6.42 Å². The first-order valence-electron chi connectivity index (χ1n) is 3.88. The van der Waals surface area contributed by atoms with Gasteiger partial charge < -0.3 is 5.43 Å². The molecule has 0 atom stereocenters. The number of nitrogens with one attached hydrogen (secondary N) is 1. The van der Waals surface area contributed by atoms with E-state index in [1.54, 1.807) is 0 Å². The van der Waals surface area contributed by atoms with E-state index in [0.717, 1.165) is 12.1 Å². The maximum absolute atomic E-state index is 4.03. The van der Waals surface area contributed by atoms with Gasteiger partial charge in [0.25, 0.3) is 0 Å². The maximum atomic E-state index is 4.03. The molecule has 0 unspecified atom stereocenters. The van der Waals surface area contributed by atoms with Gasteiger partial charge in [0, 0.05) is 24.4 Å². The van der Waals surface area contributed by atoms with Gasteiger partial charge in [0.1, 0.15) is 0 Å². The van der Waals surface area contributed by atoms with Crippen molar-refractivity contribution in [2.75, 3.05) is 7.05 Å². The van der Waals surface area contributed by atoms with Crippen LogP contribution in [0.5, 0.6) is 0 Å². The van der Waals surface area contributed by atoms with Gasteiger partial charge in [0.2, 0.25) is 0 Å². The highest BCUT2D eigenvalue weighted by Gasteiger charge is 2.24. The van der Waals surface area contributed by atoms with Crippen LogP contribution in [0, 0.1) is 5.41 Å². The molecule has 1 aliphatic rings. The average Bonchev–Trinajstić information content (AvgIpc) is 2.03. The zero-order chi connectivity index (χ0) is 8.48. The van der Waals surface area contributed by atoms with Gasteiger partial charge in [-0.15, -0.1) is 0 Å². The molecule has 0 bridgehead atoms. The standard InChI is InChI=1S/C9H16N2/c1-8-9(2,3)6-5-7-10-11(8)4/h5,7,10H,1,6H2,2-4H3. The zero-order valence-electron chi connectivity index (χ0n) is 7.52. The lowest BCUT2D eigenvalue weighted by Gasteiger charge is -2.30. The summed E-state index contributed by atoms with van der Waals surface area (Å²) in [6.45, 7) is 8.43. The molecule has 0 radical (unpaired) electrons. The van der Waals surface area contributed by atoms with Crippen LogP contribution in [0.3, 0.4) is 0 Å². The van der Waals surface area contributed by atoms with Crippen LogP contribution in [0.25, 0.3) is 0 Å². The summed E-state index contributed by atoms with van der Waals surface area (Å²) in [5.41, 5.74) is 4.41. The maximum Gasteiger partial charge on any atom is 0.0330 e. The SMILES string of the molecule is C=C1N(C)NC=CCC1(C)C. The van der Waals surface area contributed by atoms with Crippen LogP contribution >= 0.6 is 0 Å².